The minimum atomic E-state index is 0.158. The number of hydrogen-bond acceptors (Lipinski definition) is 6. The van der Waals surface area contributed by atoms with Crippen molar-refractivity contribution in [3.05, 3.63) is 54.6 Å². The molecule has 0 saturated carbocycles. The summed E-state index contributed by atoms with van der Waals surface area (Å²) in [5.74, 6) is 1.12. The number of carbonyl (C=O) groups is 1. The van der Waals surface area contributed by atoms with Gasteiger partial charge in [0.2, 0.25) is 11.9 Å². The number of pyridine rings is 1. The molecule has 8 nitrogen and oxygen atoms in total. The van der Waals surface area contributed by atoms with Gasteiger partial charge in [-0.25, -0.2) is 4.68 Å². The van der Waals surface area contributed by atoms with Crippen LogP contribution in [0.25, 0.3) is 5.69 Å². The third kappa shape index (κ3) is 4.76. The van der Waals surface area contributed by atoms with Gasteiger partial charge in [0.25, 0.3) is 0 Å². The molecule has 3 heterocycles. The lowest BCUT2D eigenvalue weighted by molar-refractivity contribution is -0.130. The molecule has 1 fully saturated rings. The third-order valence-electron chi connectivity index (χ3n) is 5.41. The van der Waals surface area contributed by atoms with E-state index in [9.17, 15) is 4.79 Å². The van der Waals surface area contributed by atoms with Crippen LogP contribution < -0.4 is 10.6 Å². The van der Waals surface area contributed by atoms with Gasteiger partial charge >= 0.3 is 0 Å². The van der Waals surface area contributed by atoms with Crippen LogP contribution >= 0.6 is 0 Å². The van der Waals surface area contributed by atoms with E-state index in [1.54, 1.807) is 17.9 Å². The second kappa shape index (κ2) is 8.94. The zero-order chi connectivity index (χ0) is 20.9. The number of para-hydroxylation sites is 1. The molecule has 0 aliphatic carbocycles. The van der Waals surface area contributed by atoms with Gasteiger partial charge in [0.05, 0.1) is 29.0 Å². The number of hydrogen-bond donors (Lipinski definition) is 2. The molecule has 3 aromatic rings. The van der Waals surface area contributed by atoms with Crippen molar-refractivity contribution in [2.45, 2.75) is 26.7 Å². The van der Waals surface area contributed by atoms with E-state index in [4.69, 9.17) is 0 Å². The van der Waals surface area contributed by atoms with E-state index in [0.717, 1.165) is 55.2 Å². The van der Waals surface area contributed by atoms with Crippen molar-refractivity contribution in [1.82, 2.24) is 24.6 Å². The highest BCUT2D eigenvalue weighted by atomic mass is 16.2. The fourth-order valence-electron chi connectivity index (χ4n) is 3.68. The zero-order valence-corrected chi connectivity index (χ0v) is 17.4. The van der Waals surface area contributed by atoms with Crippen LogP contribution in [0, 0.1) is 12.8 Å². The number of piperidine rings is 1. The largest absolute Gasteiger partial charge is 0.383 e. The van der Waals surface area contributed by atoms with E-state index in [2.05, 4.69) is 25.7 Å². The van der Waals surface area contributed by atoms with Gasteiger partial charge < -0.3 is 15.5 Å². The van der Waals surface area contributed by atoms with Gasteiger partial charge in [0.15, 0.2) is 0 Å². The molecule has 1 aliphatic rings. The van der Waals surface area contributed by atoms with Gasteiger partial charge in [-0.1, -0.05) is 18.2 Å². The van der Waals surface area contributed by atoms with E-state index >= 15 is 0 Å². The zero-order valence-electron chi connectivity index (χ0n) is 17.4. The van der Waals surface area contributed by atoms with Crippen LogP contribution in [0.4, 0.5) is 17.3 Å². The molecule has 4 rings (SSSR count). The molecule has 156 valence electrons. The van der Waals surface area contributed by atoms with E-state index in [1.165, 1.54) is 0 Å². The highest BCUT2D eigenvalue weighted by Gasteiger charge is 2.21. The number of amides is 1. The van der Waals surface area contributed by atoms with Crippen LogP contribution in [0.5, 0.6) is 0 Å². The monoisotopic (exact) mass is 405 g/mol. The first-order valence-electron chi connectivity index (χ1n) is 10.3. The highest BCUT2D eigenvalue weighted by molar-refractivity contribution is 5.73. The van der Waals surface area contributed by atoms with Crippen LogP contribution in [0.1, 0.15) is 25.5 Å². The summed E-state index contributed by atoms with van der Waals surface area (Å²) < 4.78 is 1.73. The van der Waals surface area contributed by atoms with Gasteiger partial charge in [0.1, 0.15) is 6.33 Å². The second-order valence-electron chi connectivity index (χ2n) is 7.68. The Balaban J connectivity index is 1.40. The van der Waals surface area contributed by atoms with Gasteiger partial charge in [0, 0.05) is 26.6 Å². The van der Waals surface area contributed by atoms with E-state index < -0.39 is 0 Å². The second-order valence-corrected chi connectivity index (χ2v) is 7.68. The first-order valence-corrected chi connectivity index (χ1v) is 10.3. The lowest BCUT2D eigenvalue weighted by Crippen LogP contribution is -2.40. The normalized spacial score (nSPS) is 16.3. The van der Waals surface area contributed by atoms with Crippen molar-refractivity contribution in [1.29, 1.82) is 0 Å². The SMILES string of the molecule is CC(=O)N1CCCC(CNc2cnc(C)c(Nc3ncn(-c4ccccc4)n3)c2)C1. The molecule has 2 N–H and O–H groups in total. The molecule has 0 spiro atoms. The molecular weight excluding hydrogens is 378 g/mol. The maximum Gasteiger partial charge on any atom is 0.247 e. The smallest absolute Gasteiger partial charge is 0.247 e. The Hall–Kier alpha value is -3.42. The molecule has 1 atom stereocenters. The fraction of sp³-hybridized carbons (Fsp3) is 0.364. The fourth-order valence-corrected chi connectivity index (χ4v) is 3.68. The number of likely N-dealkylation sites (tertiary alicyclic amines) is 1. The molecule has 1 aromatic carbocycles. The number of nitrogens with one attached hydrogen (secondary N) is 2. The highest BCUT2D eigenvalue weighted by Crippen LogP contribution is 2.22. The Morgan fingerprint density at radius 3 is 2.87 bits per heavy atom. The average Bonchev–Trinajstić information content (AvgIpc) is 3.24. The number of benzene rings is 1. The molecule has 2 aromatic heterocycles. The summed E-state index contributed by atoms with van der Waals surface area (Å²) in [6.07, 6.45) is 5.71. The molecule has 1 amide bonds. The van der Waals surface area contributed by atoms with E-state index in [-0.39, 0.29) is 5.91 Å². The van der Waals surface area contributed by atoms with Gasteiger partial charge in [-0.2, -0.15) is 4.98 Å². The van der Waals surface area contributed by atoms with Crippen molar-refractivity contribution in [3.8, 4) is 5.69 Å². The Labute approximate surface area is 176 Å². The van der Waals surface area contributed by atoms with Gasteiger partial charge in [-0.15, -0.1) is 5.10 Å². The van der Waals surface area contributed by atoms with Crippen molar-refractivity contribution in [3.63, 3.8) is 0 Å². The topological polar surface area (TPSA) is 88.0 Å². The number of aromatic nitrogens is 4. The molecule has 1 unspecified atom stereocenters. The molecule has 0 radical (unpaired) electrons. The maximum atomic E-state index is 11.6. The first kappa shape index (κ1) is 19.9. The predicted molar refractivity (Wildman–Crippen MR) is 117 cm³/mol. The Bertz CT molecular complexity index is 1000. The number of aryl methyl sites for hydroxylation is 1. The summed E-state index contributed by atoms with van der Waals surface area (Å²) in [4.78, 5) is 22.4. The number of carbonyl (C=O) groups excluding carboxylic acids is 1. The Kier molecular flexibility index (Phi) is 5.92. The molecule has 1 aliphatic heterocycles. The summed E-state index contributed by atoms with van der Waals surface area (Å²) in [6, 6.07) is 11.9. The summed E-state index contributed by atoms with van der Waals surface area (Å²) >= 11 is 0. The lowest BCUT2D eigenvalue weighted by Gasteiger charge is -2.32. The van der Waals surface area contributed by atoms with Crippen LogP contribution in [-0.4, -0.2) is 50.2 Å². The standard InChI is InChI=1S/C22H27N7O/c1-16-21(26-22-25-15-29(27-22)20-8-4-3-5-9-20)11-19(13-23-16)24-12-18-7-6-10-28(14-18)17(2)30/h3-5,8-9,11,13,15,18,24H,6-7,10,12,14H2,1-2H3,(H,26,27). The lowest BCUT2D eigenvalue weighted by atomic mass is 9.98. The minimum Gasteiger partial charge on any atom is -0.383 e. The number of nitrogens with zero attached hydrogens (tertiary/aromatic N) is 5. The predicted octanol–water partition coefficient (Wildman–Crippen LogP) is 3.38. The van der Waals surface area contributed by atoms with Gasteiger partial charge in [-0.05, 0) is 43.9 Å². The Morgan fingerprint density at radius 2 is 2.07 bits per heavy atom. The third-order valence-corrected chi connectivity index (χ3v) is 5.41. The first-order chi connectivity index (χ1) is 14.6. The van der Waals surface area contributed by atoms with Crippen LogP contribution in [0.2, 0.25) is 0 Å². The molecule has 1 saturated heterocycles. The van der Waals surface area contributed by atoms with E-state index in [0.29, 0.717) is 11.9 Å². The summed E-state index contributed by atoms with van der Waals surface area (Å²) in [5.41, 5.74) is 3.62. The number of rotatable bonds is 6. The van der Waals surface area contributed by atoms with Gasteiger partial charge in [-0.3, -0.25) is 9.78 Å². The molecule has 30 heavy (non-hydrogen) atoms. The molecule has 8 heteroatoms. The van der Waals surface area contributed by atoms with Crippen LogP contribution in [0.15, 0.2) is 48.9 Å². The summed E-state index contributed by atoms with van der Waals surface area (Å²) in [6.45, 7) is 6.09. The maximum absolute atomic E-state index is 11.6. The molecule has 0 bridgehead atoms. The molecular formula is C22H27N7O. The van der Waals surface area contributed by atoms with Crippen LogP contribution in [-0.2, 0) is 4.79 Å². The Morgan fingerprint density at radius 1 is 1.23 bits per heavy atom. The minimum absolute atomic E-state index is 0.158. The van der Waals surface area contributed by atoms with Crippen molar-refractivity contribution in [2.75, 3.05) is 30.3 Å². The summed E-state index contributed by atoms with van der Waals surface area (Å²) in [5, 5.41) is 11.2. The average molecular weight is 406 g/mol. The quantitative estimate of drug-likeness (QED) is 0.654. The van der Waals surface area contributed by atoms with Crippen molar-refractivity contribution < 1.29 is 4.79 Å². The van der Waals surface area contributed by atoms with Crippen molar-refractivity contribution in [2.24, 2.45) is 5.92 Å². The summed E-state index contributed by atoms with van der Waals surface area (Å²) in [7, 11) is 0. The van der Waals surface area contributed by atoms with E-state index in [1.807, 2.05) is 54.4 Å². The van der Waals surface area contributed by atoms with Crippen LogP contribution in [0.3, 0.4) is 0 Å². The van der Waals surface area contributed by atoms with Crippen molar-refractivity contribution >= 4 is 23.2 Å². The number of anilines is 3.